The van der Waals surface area contributed by atoms with E-state index in [2.05, 4.69) is 20.2 Å². The Hall–Kier alpha value is -3.98. The molecule has 9 heteroatoms. The summed E-state index contributed by atoms with van der Waals surface area (Å²) < 4.78 is 31.2. The molecule has 0 radical (unpaired) electrons. The minimum Gasteiger partial charge on any atom is -0.487 e. The number of benzene rings is 3. The van der Waals surface area contributed by atoms with Crippen LogP contribution in [0.15, 0.2) is 83.5 Å². The number of halogens is 2. The fraction of sp³-hybridized carbons (Fsp3) is 0.226. The molecule has 5 aromatic rings. The van der Waals surface area contributed by atoms with Crippen LogP contribution >= 0.6 is 11.6 Å². The Kier molecular flexibility index (Phi) is 6.38. The van der Waals surface area contributed by atoms with E-state index in [1.165, 1.54) is 18.5 Å². The molecule has 0 amide bonds. The van der Waals surface area contributed by atoms with Gasteiger partial charge in [-0.3, -0.25) is 4.90 Å². The Morgan fingerprint density at radius 1 is 1.02 bits per heavy atom. The molecule has 0 saturated carbocycles. The quantitative estimate of drug-likeness (QED) is 0.221. The molecule has 2 aromatic heterocycles. The highest BCUT2D eigenvalue weighted by Gasteiger charge is 2.48. The molecule has 7 nitrogen and oxygen atoms in total. The van der Waals surface area contributed by atoms with Gasteiger partial charge in [0.2, 0.25) is 0 Å². The van der Waals surface area contributed by atoms with Crippen molar-refractivity contribution >= 4 is 34.0 Å². The Morgan fingerprint density at radius 2 is 1.93 bits per heavy atom. The van der Waals surface area contributed by atoms with Crippen molar-refractivity contribution < 1.29 is 18.3 Å². The number of nitrogens with one attached hydrogen (secondary N) is 1. The second kappa shape index (κ2) is 10.2. The summed E-state index contributed by atoms with van der Waals surface area (Å²) in [6.07, 6.45) is 2.68. The zero-order valence-electron chi connectivity index (χ0n) is 21.6. The van der Waals surface area contributed by atoms with Crippen LogP contribution in [0, 0.1) is 5.82 Å². The van der Waals surface area contributed by atoms with Crippen LogP contribution in [0.1, 0.15) is 17.7 Å². The molecule has 7 rings (SSSR count). The van der Waals surface area contributed by atoms with E-state index in [4.69, 9.17) is 25.5 Å². The monoisotopic (exact) mass is 556 g/mol. The van der Waals surface area contributed by atoms with Crippen LogP contribution in [0.2, 0.25) is 5.02 Å². The van der Waals surface area contributed by atoms with Crippen LogP contribution in [0.5, 0.6) is 5.75 Å². The fourth-order valence-electron chi connectivity index (χ4n) is 5.29. The van der Waals surface area contributed by atoms with E-state index in [-0.39, 0.29) is 18.0 Å². The van der Waals surface area contributed by atoms with Crippen LogP contribution in [-0.4, -0.2) is 40.2 Å². The average Bonchev–Trinajstić information content (AvgIpc) is 3.38. The molecule has 40 heavy (non-hydrogen) atoms. The maximum Gasteiger partial charge on any atom is 0.141 e. The van der Waals surface area contributed by atoms with E-state index < -0.39 is 0 Å². The van der Waals surface area contributed by atoms with Crippen molar-refractivity contribution in [3.8, 4) is 17.1 Å². The predicted molar refractivity (Wildman–Crippen MR) is 151 cm³/mol. The minimum absolute atomic E-state index is 0.109. The van der Waals surface area contributed by atoms with Crippen molar-refractivity contribution in [1.29, 1.82) is 0 Å². The van der Waals surface area contributed by atoms with Crippen molar-refractivity contribution in [2.75, 3.05) is 25.0 Å². The molecule has 4 heterocycles. The Bertz CT molecular complexity index is 1700. The number of anilines is 2. The van der Waals surface area contributed by atoms with E-state index >= 15 is 0 Å². The number of nitrogens with zero attached hydrogens (tertiary/aromatic N) is 3. The molecule has 202 valence electrons. The summed E-state index contributed by atoms with van der Waals surface area (Å²) in [5.74, 6) is 2.58. The first-order valence-corrected chi connectivity index (χ1v) is 13.5. The van der Waals surface area contributed by atoms with Gasteiger partial charge in [-0.05, 0) is 66.2 Å². The molecule has 2 fully saturated rings. The summed E-state index contributed by atoms with van der Waals surface area (Å²) in [5, 5.41) is 4.64. The summed E-state index contributed by atoms with van der Waals surface area (Å²) in [7, 11) is 0. The van der Waals surface area contributed by atoms with Gasteiger partial charge in [0.15, 0.2) is 0 Å². The lowest BCUT2D eigenvalue weighted by Crippen LogP contribution is -2.67. The van der Waals surface area contributed by atoms with Crippen LogP contribution in [0.25, 0.3) is 22.2 Å². The number of fused-ring (bicyclic) bond motifs is 1. The maximum atomic E-state index is 13.5. The van der Waals surface area contributed by atoms with Gasteiger partial charge in [0.1, 0.15) is 41.8 Å². The van der Waals surface area contributed by atoms with Crippen LogP contribution in [0.3, 0.4) is 0 Å². The Labute approximate surface area is 235 Å². The van der Waals surface area contributed by atoms with Crippen LogP contribution in [-0.2, 0) is 17.9 Å². The van der Waals surface area contributed by atoms with E-state index in [0.29, 0.717) is 16.6 Å². The van der Waals surface area contributed by atoms with E-state index in [1.54, 1.807) is 24.3 Å². The van der Waals surface area contributed by atoms with Gasteiger partial charge in [0.05, 0.1) is 29.3 Å². The Balaban J connectivity index is 1.06. The number of furan rings is 1. The van der Waals surface area contributed by atoms with E-state index in [0.717, 1.165) is 71.9 Å². The van der Waals surface area contributed by atoms with Crippen molar-refractivity contribution in [2.24, 2.45) is 0 Å². The van der Waals surface area contributed by atoms with Gasteiger partial charge in [0.25, 0.3) is 0 Å². The molecule has 2 aliphatic rings. The van der Waals surface area contributed by atoms with Gasteiger partial charge in [-0.1, -0.05) is 23.7 Å². The molecular weight excluding hydrogens is 531 g/mol. The predicted octanol–water partition coefficient (Wildman–Crippen LogP) is 6.98. The largest absolute Gasteiger partial charge is 0.487 e. The normalized spacial score (nSPS) is 16.1. The van der Waals surface area contributed by atoms with Gasteiger partial charge >= 0.3 is 0 Å². The van der Waals surface area contributed by atoms with Gasteiger partial charge in [-0.15, -0.1) is 0 Å². The van der Waals surface area contributed by atoms with Crippen molar-refractivity contribution in [1.82, 2.24) is 14.9 Å². The Morgan fingerprint density at radius 3 is 2.73 bits per heavy atom. The van der Waals surface area contributed by atoms with E-state index in [9.17, 15) is 4.39 Å². The molecule has 0 atom stereocenters. The molecular formula is C31H26ClFN4O3. The standard InChI is InChI=1S/C31H26ClFN4O3/c32-26-14-23(5-8-29(26)38-16-20-2-1-3-22(33)12-20)36-30-25-13-21(4-7-27(25)34-19-35-30)28-9-6-24(40-28)15-37-17-31(18-37)10-11-39-31/h1-9,12-14,19H,10-11,15-18H2,(H,34,35,36). The second-order valence-electron chi connectivity index (χ2n) is 10.3. The van der Waals surface area contributed by atoms with Crippen molar-refractivity contribution in [3.05, 3.63) is 101 Å². The van der Waals surface area contributed by atoms with Crippen LogP contribution in [0.4, 0.5) is 15.9 Å². The molecule has 0 unspecified atom stereocenters. The van der Waals surface area contributed by atoms with Gasteiger partial charge < -0.3 is 19.2 Å². The lowest BCUT2D eigenvalue weighted by molar-refractivity contribution is -0.224. The molecule has 1 N–H and O–H groups in total. The highest BCUT2D eigenvalue weighted by molar-refractivity contribution is 6.32. The summed E-state index contributed by atoms with van der Waals surface area (Å²) in [6.45, 7) is 3.81. The lowest BCUT2D eigenvalue weighted by Gasteiger charge is -2.55. The smallest absolute Gasteiger partial charge is 0.141 e. The first-order chi connectivity index (χ1) is 19.5. The molecule has 2 aliphatic heterocycles. The number of hydrogen-bond donors (Lipinski definition) is 1. The van der Waals surface area contributed by atoms with Gasteiger partial charge in [-0.25, -0.2) is 14.4 Å². The van der Waals surface area contributed by atoms with Crippen molar-refractivity contribution in [3.63, 3.8) is 0 Å². The number of likely N-dealkylation sites (tertiary alicyclic amines) is 1. The molecule has 1 spiro atoms. The van der Waals surface area contributed by atoms with Gasteiger partial charge in [-0.2, -0.15) is 0 Å². The zero-order valence-corrected chi connectivity index (χ0v) is 22.3. The average molecular weight is 557 g/mol. The molecule has 0 aliphatic carbocycles. The molecule has 2 saturated heterocycles. The third-order valence-corrected chi connectivity index (χ3v) is 7.72. The minimum atomic E-state index is -0.302. The number of aromatic nitrogens is 2. The molecule has 3 aromatic carbocycles. The highest BCUT2D eigenvalue weighted by Crippen LogP contribution is 2.37. The fourth-order valence-corrected chi connectivity index (χ4v) is 5.52. The topological polar surface area (TPSA) is 72.7 Å². The number of hydrogen-bond acceptors (Lipinski definition) is 7. The summed E-state index contributed by atoms with van der Waals surface area (Å²) in [6, 6.07) is 21.7. The zero-order chi connectivity index (χ0) is 27.1. The number of rotatable bonds is 8. The lowest BCUT2D eigenvalue weighted by atomic mass is 9.86. The van der Waals surface area contributed by atoms with E-state index in [1.807, 2.05) is 36.4 Å². The highest BCUT2D eigenvalue weighted by atomic mass is 35.5. The third kappa shape index (κ3) is 5.01. The van der Waals surface area contributed by atoms with Crippen LogP contribution < -0.4 is 10.1 Å². The molecule has 0 bridgehead atoms. The SMILES string of the molecule is Fc1cccc(COc2ccc(Nc3ncnc4ccc(-c5ccc(CN6CC7(CCO7)C6)o5)cc34)cc2Cl)c1. The van der Waals surface area contributed by atoms with Gasteiger partial charge in [0, 0.05) is 36.1 Å². The second-order valence-corrected chi connectivity index (χ2v) is 10.7. The summed E-state index contributed by atoms with van der Waals surface area (Å²) >= 11 is 6.50. The third-order valence-electron chi connectivity index (χ3n) is 7.43. The summed E-state index contributed by atoms with van der Waals surface area (Å²) in [4.78, 5) is 11.3. The maximum absolute atomic E-state index is 13.5. The first kappa shape index (κ1) is 25.0. The first-order valence-electron chi connectivity index (χ1n) is 13.2. The number of ether oxygens (including phenoxy) is 2. The van der Waals surface area contributed by atoms with Crippen molar-refractivity contribution in [2.45, 2.75) is 25.2 Å². The summed E-state index contributed by atoms with van der Waals surface area (Å²) in [5.41, 5.74) is 3.33.